The fourth-order valence-corrected chi connectivity index (χ4v) is 5.90. The Balaban J connectivity index is 1.42. The van der Waals surface area contributed by atoms with Crippen LogP contribution in [-0.4, -0.2) is 31.7 Å². The number of piperidine rings is 1. The first-order chi connectivity index (χ1) is 16.3. The Bertz CT molecular complexity index is 1220. The molecule has 1 aliphatic heterocycles. The fourth-order valence-electron chi connectivity index (χ4n) is 4.32. The topological polar surface area (TPSA) is 66.5 Å². The second-order valence-corrected chi connectivity index (χ2v) is 10.8. The summed E-state index contributed by atoms with van der Waals surface area (Å²) < 4.78 is 41.0. The number of hydrogen-bond donors (Lipinski definition) is 1. The van der Waals surface area contributed by atoms with Crippen LogP contribution < -0.4 is 5.32 Å². The molecular weight excluding hydrogens is 451 g/mol. The van der Waals surface area contributed by atoms with E-state index in [1.165, 1.54) is 22.5 Å². The van der Waals surface area contributed by atoms with Crippen molar-refractivity contribution in [3.05, 3.63) is 107 Å². The molecule has 1 heterocycles. The molecule has 0 unspecified atom stereocenters. The van der Waals surface area contributed by atoms with Crippen molar-refractivity contribution in [2.24, 2.45) is 5.92 Å². The zero-order chi connectivity index (χ0) is 24.1. The van der Waals surface area contributed by atoms with Gasteiger partial charge in [0, 0.05) is 24.6 Å². The van der Waals surface area contributed by atoms with Crippen LogP contribution >= 0.6 is 0 Å². The monoisotopic (exact) mass is 480 g/mol. The predicted octanol–water partition coefficient (Wildman–Crippen LogP) is 4.58. The van der Waals surface area contributed by atoms with Crippen LogP contribution in [0.1, 0.15) is 41.1 Å². The molecule has 0 radical (unpaired) electrons. The third-order valence-corrected chi connectivity index (χ3v) is 8.17. The Labute approximate surface area is 200 Å². The maximum Gasteiger partial charge on any atom is 0.223 e. The minimum Gasteiger partial charge on any atom is -0.345 e. The maximum atomic E-state index is 13.9. The summed E-state index contributed by atoms with van der Waals surface area (Å²) in [7, 11) is -3.66. The molecule has 1 atom stereocenters. The molecule has 1 amide bonds. The molecular formula is C27H29FN2O3S. The molecule has 0 spiro atoms. The van der Waals surface area contributed by atoms with Gasteiger partial charge in [-0.25, -0.2) is 17.1 Å². The lowest BCUT2D eigenvalue weighted by Gasteiger charge is -2.31. The van der Waals surface area contributed by atoms with E-state index in [0.29, 0.717) is 12.8 Å². The molecule has 3 aromatic rings. The van der Waals surface area contributed by atoms with Crippen LogP contribution in [-0.2, 0) is 20.6 Å². The molecule has 0 aliphatic carbocycles. The normalized spacial score (nSPS) is 16.2. The van der Waals surface area contributed by atoms with E-state index in [4.69, 9.17) is 0 Å². The van der Waals surface area contributed by atoms with Crippen LogP contribution in [0.3, 0.4) is 0 Å². The Morgan fingerprint density at radius 3 is 2.18 bits per heavy atom. The van der Waals surface area contributed by atoms with Crippen molar-refractivity contribution in [3.8, 4) is 0 Å². The number of hydrogen-bond acceptors (Lipinski definition) is 3. The summed E-state index contributed by atoms with van der Waals surface area (Å²) in [5, 5.41) is 3.18. The summed E-state index contributed by atoms with van der Waals surface area (Å²) in [6, 6.07) is 23.5. The van der Waals surface area contributed by atoms with Crippen LogP contribution in [0.4, 0.5) is 4.39 Å². The highest BCUT2D eigenvalue weighted by Gasteiger charge is 2.32. The Morgan fingerprint density at radius 2 is 1.53 bits per heavy atom. The number of nitrogens with one attached hydrogen (secondary N) is 1. The first-order valence-corrected chi connectivity index (χ1v) is 13.1. The van der Waals surface area contributed by atoms with E-state index < -0.39 is 15.8 Å². The fraction of sp³-hybridized carbons (Fsp3) is 0.296. The second kappa shape index (κ2) is 10.5. The highest BCUT2D eigenvalue weighted by molar-refractivity contribution is 7.88. The van der Waals surface area contributed by atoms with E-state index in [2.05, 4.69) is 5.32 Å². The lowest BCUT2D eigenvalue weighted by molar-refractivity contribution is -0.126. The van der Waals surface area contributed by atoms with Crippen molar-refractivity contribution in [3.63, 3.8) is 0 Å². The van der Waals surface area contributed by atoms with Crippen molar-refractivity contribution in [2.45, 2.75) is 31.6 Å². The third kappa shape index (κ3) is 5.72. The van der Waals surface area contributed by atoms with Crippen molar-refractivity contribution < 1.29 is 17.6 Å². The average molecular weight is 481 g/mol. The van der Waals surface area contributed by atoms with Gasteiger partial charge >= 0.3 is 0 Å². The molecule has 1 aliphatic rings. The minimum atomic E-state index is -3.66. The van der Waals surface area contributed by atoms with E-state index in [9.17, 15) is 17.6 Å². The molecule has 3 aromatic carbocycles. The number of sulfonamides is 1. The van der Waals surface area contributed by atoms with E-state index in [1.807, 2.05) is 61.5 Å². The zero-order valence-corrected chi connectivity index (χ0v) is 20.0. The van der Waals surface area contributed by atoms with Crippen molar-refractivity contribution in [2.75, 3.05) is 13.1 Å². The molecule has 1 N–H and O–H groups in total. The number of benzene rings is 3. The number of aryl methyl sites for hydroxylation is 1. The molecule has 1 fully saturated rings. The van der Waals surface area contributed by atoms with E-state index in [0.717, 1.165) is 16.7 Å². The first kappa shape index (κ1) is 24.1. The first-order valence-electron chi connectivity index (χ1n) is 11.5. The van der Waals surface area contributed by atoms with E-state index in [1.54, 1.807) is 6.07 Å². The number of amides is 1. The van der Waals surface area contributed by atoms with Crippen LogP contribution in [0.25, 0.3) is 0 Å². The van der Waals surface area contributed by atoms with Gasteiger partial charge in [-0.15, -0.1) is 0 Å². The minimum absolute atomic E-state index is 0.0828. The third-order valence-electron chi connectivity index (χ3n) is 6.34. The number of carbonyl (C=O) groups is 1. The number of carbonyl (C=O) groups excluding carboxylic acids is 1. The summed E-state index contributed by atoms with van der Waals surface area (Å²) in [6.07, 6.45) is 0.857. The molecule has 1 saturated heterocycles. The summed E-state index contributed by atoms with van der Waals surface area (Å²) >= 11 is 0. The Morgan fingerprint density at radius 1 is 0.941 bits per heavy atom. The van der Waals surface area contributed by atoms with Gasteiger partial charge in [-0.1, -0.05) is 78.4 Å². The highest BCUT2D eigenvalue weighted by Crippen LogP contribution is 2.26. The van der Waals surface area contributed by atoms with Gasteiger partial charge in [0.25, 0.3) is 0 Å². The van der Waals surface area contributed by atoms with Crippen LogP contribution in [0.2, 0.25) is 0 Å². The van der Waals surface area contributed by atoms with Crippen molar-refractivity contribution in [1.82, 2.24) is 9.62 Å². The van der Waals surface area contributed by atoms with E-state index >= 15 is 0 Å². The van der Waals surface area contributed by atoms with Gasteiger partial charge in [0.15, 0.2) is 0 Å². The quantitative estimate of drug-likeness (QED) is 0.538. The van der Waals surface area contributed by atoms with Crippen molar-refractivity contribution >= 4 is 15.9 Å². The summed E-state index contributed by atoms with van der Waals surface area (Å²) in [4.78, 5) is 13.2. The standard InChI is InChI=1S/C27H29FN2O3S/c1-20-11-13-22(14-12-20)26(21-7-3-2-4-8-21)29-27(31)23-15-17-30(18-16-23)34(32,33)19-24-9-5-6-10-25(24)28/h2-14,23,26H,15-19H2,1H3,(H,29,31)/t26-/m0/s1. The molecule has 7 heteroatoms. The van der Waals surface area contributed by atoms with Crippen LogP contribution in [0.5, 0.6) is 0 Å². The van der Waals surface area contributed by atoms with Gasteiger partial charge < -0.3 is 5.32 Å². The van der Waals surface area contributed by atoms with E-state index in [-0.39, 0.29) is 42.3 Å². The van der Waals surface area contributed by atoms with Gasteiger partial charge in [-0.2, -0.15) is 0 Å². The number of nitrogens with zero attached hydrogens (tertiary/aromatic N) is 1. The number of halogens is 1. The molecule has 0 saturated carbocycles. The Kier molecular flexibility index (Phi) is 7.44. The van der Waals surface area contributed by atoms with Crippen molar-refractivity contribution in [1.29, 1.82) is 0 Å². The zero-order valence-electron chi connectivity index (χ0n) is 19.2. The molecule has 0 bridgehead atoms. The summed E-state index contributed by atoms with van der Waals surface area (Å²) in [5.74, 6) is -1.26. The van der Waals surface area contributed by atoms with Gasteiger partial charge in [0.05, 0.1) is 11.8 Å². The molecule has 5 nitrogen and oxygen atoms in total. The van der Waals surface area contributed by atoms with Gasteiger partial charge in [-0.3, -0.25) is 4.79 Å². The average Bonchev–Trinajstić information content (AvgIpc) is 2.85. The van der Waals surface area contributed by atoms with Gasteiger partial charge in [0.1, 0.15) is 5.82 Å². The molecule has 34 heavy (non-hydrogen) atoms. The molecule has 0 aromatic heterocycles. The smallest absolute Gasteiger partial charge is 0.223 e. The lowest BCUT2D eigenvalue weighted by Crippen LogP contribution is -2.44. The largest absolute Gasteiger partial charge is 0.345 e. The maximum absolute atomic E-state index is 13.9. The molecule has 4 rings (SSSR count). The van der Waals surface area contributed by atoms with Gasteiger partial charge in [-0.05, 0) is 37.0 Å². The second-order valence-electron chi connectivity index (χ2n) is 8.78. The van der Waals surface area contributed by atoms with Crippen LogP contribution in [0, 0.1) is 18.7 Å². The molecule has 178 valence electrons. The number of rotatable bonds is 7. The summed E-state index contributed by atoms with van der Waals surface area (Å²) in [6.45, 7) is 2.51. The Hall–Kier alpha value is -3.03. The van der Waals surface area contributed by atoms with Gasteiger partial charge in [0.2, 0.25) is 15.9 Å². The van der Waals surface area contributed by atoms with Crippen LogP contribution in [0.15, 0.2) is 78.9 Å². The summed E-state index contributed by atoms with van der Waals surface area (Å²) in [5.41, 5.74) is 3.29. The lowest BCUT2D eigenvalue weighted by atomic mass is 9.94. The predicted molar refractivity (Wildman–Crippen MR) is 131 cm³/mol. The highest BCUT2D eigenvalue weighted by atomic mass is 32.2. The SMILES string of the molecule is Cc1ccc([C@@H](NC(=O)C2CCN(S(=O)(=O)Cc3ccccc3F)CC2)c2ccccc2)cc1.